The number of methoxy groups -OCH3 is 2. The van der Waals surface area contributed by atoms with E-state index in [9.17, 15) is 0 Å². The average molecular weight is 389 g/mol. The molecule has 1 saturated heterocycles. The van der Waals surface area contributed by atoms with E-state index in [0.29, 0.717) is 16.5 Å². The van der Waals surface area contributed by atoms with Crippen molar-refractivity contribution in [2.24, 2.45) is 0 Å². The number of nitrogens with zero attached hydrogens (tertiary/aromatic N) is 2. The van der Waals surface area contributed by atoms with Gasteiger partial charge in [0.05, 0.1) is 24.9 Å². The van der Waals surface area contributed by atoms with Crippen LogP contribution in [0.4, 0.5) is 0 Å². The van der Waals surface area contributed by atoms with Gasteiger partial charge in [0.2, 0.25) is 0 Å². The smallest absolute Gasteiger partial charge is 0.161 e. The van der Waals surface area contributed by atoms with E-state index < -0.39 is 0 Å². The van der Waals surface area contributed by atoms with E-state index in [1.54, 1.807) is 19.1 Å². The van der Waals surface area contributed by atoms with E-state index in [1.165, 1.54) is 18.8 Å². The summed E-state index contributed by atoms with van der Waals surface area (Å²) in [6.45, 7) is 5.55. The number of piperazine rings is 1. The van der Waals surface area contributed by atoms with E-state index in [1.807, 2.05) is 36.5 Å². The van der Waals surface area contributed by atoms with Crippen LogP contribution in [0, 0.1) is 0 Å². The quantitative estimate of drug-likeness (QED) is 0.674. The van der Waals surface area contributed by atoms with Crippen molar-refractivity contribution >= 4 is 17.2 Å². The summed E-state index contributed by atoms with van der Waals surface area (Å²) >= 11 is 6.28. The lowest BCUT2D eigenvalue weighted by molar-refractivity contribution is -0.958. The second-order valence-corrected chi connectivity index (χ2v) is 7.28. The maximum atomic E-state index is 6.28. The van der Waals surface area contributed by atoms with Gasteiger partial charge in [-0.25, -0.2) is 4.98 Å². The Bertz CT molecular complexity index is 951. The molecule has 2 aromatic heterocycles. The van der Waals surface area contributed by atoms with Crippen molar-refractivity contribution in [2.45, 2.75) is 6.54 Å². The molecule has 0 saturated carbocycles. The molecule has 7 heteroatoms. The summed E-state index contributed by atoms with van der Waals surface area (Å²) in [6, 6.07) is 9.81. The Morgan fingerprint density at radius 2 is 1.89 bits per heavy atom. The van der Waals surface area contributed by atoms with Crippen molar-refractivity contribution in [3.8, 4) is 22.8 Å². The molecule has 1 aromatic carbocycles. The third-order valence-electron chi connectivity index (χ3n) is 5.16. The molecule has 142 valence electrons. The third kappa shape index (κ3) is 3.60. The van der Waals surface area contributed by atoms with Gasteiger partial charge >= 0.3 is 0 Å². The van der Waals surface area contributed by atoms with Crippen molar-refractivity contribution in [3.05, 3.63) is 47.2 Å². The molecule has 1 fully saturated rings. The van der Waals surface area contributed by atoms with Crippen LogP contribution < -0.4 is 19.7 Å². The molecule has 3 N–H and O–H groups in total. The summed E-state index contributed by atoms with van der Waals surface area (Å²) in [6.07, 6.45) is 1.96. The molecule has 1 aliphatic heterocycles. The zero-order chi connectivity index (χ0) is 18.8. The lowest BCUT2D eigenvalue weighted by atomic mass is 10.1. The van der Waals surface area contributed by atoms with Crippen LogP contribution in [-0.4, -0.2) is 49.8 Å². The van der Waals surface area contributed by atoms with E-state index in [2.05, 4.69) is 9.72 Å². The monoisotopic (exact) mass is 388 g/mol. The van der Waals surface area contributed by atoms with Gasteiger partial charge in [0.1, 0.15) is 44.1 Å². The minimum atomic E-state index is 0.705. The molecule has 3 heterocycles. The van der Waals surface area contributed by atoms with E-state index in [0.717, 1.165) is 36.5 Å². The van der Waals surface area contributed by atoms with Gasteiger partial charge in [0.15, 0.2) is 11.5 Å². The first-order valence-electron chi connectivity index (χ1n) is 9.23. The number of hydrogen-bond donors (Lipinski definition) is 2. The Balaban J connectivity index is 1.82. The van der Waals surface area contributed by atoms with E-state index >= 15 is 0 Å². The maximum absolute atomic E-state index is 6.28. The Morgan fingerprint density at radius 1 is 1.11 bits per heavy atom. The number of hydrogen-bond acceptors (Lipinski definition) is 3. The molecule has 4 rings (SSSR count). The molecular weight excluding hydrogens is 364 g/mol. The van der Waals surface area contributed by atoms with Crippen molar-refractivity contribution in [2.75, 3.05) is 40.4 Å². The normalized spacial score (nSPS) is 15.2. The van der Waals surface area contributed by atoms with Crippen LogP contribution in [0.15, 0.2) is 36.5 Å². The lowest BCUT2D eigenvalue weighted by Crippen LogP contribution is -3.19. The number of pyridine rings is 1. The fraction of sp³-hybridized carbons (Fsp3) is 0.350. The van der Waals surface area contributed by atoms with Gasteiger partial charge in [0.25, 0.3) is 0 Å². The van der Waals surface area contributed by atoms with Gasteiger partial charge in [-0.15, -0.1) is 0 Å². The molecule has 0 atom stereocenters. The van der Waals surface area contributed by atoms with Gasteiger partial charge < -0.3 is 19.7 Å². The number of fused-ring (bicyclic) bond motifs is 1. The largest absolute Gasteiger partial charge is 0.493 e. The molecule has 27 heavy (non-hydrogen) atoms. The Morgan fingerprint density at radius 3 is 2.63 bits per heavy atom. The topological polar surface area (TPSA) is 56.8 Å². The summed E-state index contributed by atoms with van der Waals surface area (Å²) in [7, 11) is 3.30. The van der Waals surface area contributed by atoms with Gasteiger partial charge in [-0.1, -0.05) is 11.6 Å². The highest BCUT2D eigenvalue weighted by Gasteiger charge is 2.23. The SMILES string of the molecule is COc1ccc(-c2nc3ccc(Cl)cn3c2C[NH+]2CC[NH2+]CC2)cc1OC. The van der Waals surface area contributed by atoms with Crippen molar-refractivity contribution in [1.82, 2.24) is 9.38 Å². The van der Waals surface area contributed by atoms with Crippen LogP contribution in [0.5, 0.6) is 11.5 Å². The number of rotatable bonds is 5. The molecule has 0 aliphatic carbocycles. The van der Waals surface area contributed by atoms with Crippen molar-refractivity contribution in [3.63, 3.8) is 0 Å². The minimum Gasteiger partial charge on any atom is -0.493 e. The fourth-order valence-corrected chi connectivity index (χ4v) is 3.91. The Labute approximate surface area is 163 Å². The van der Waals surface area contributed by atoms with Crippen LogP contribution in [0.1, 0.15) is 5.69 Å². The number of ether oxygens (including phenoxy) is 2. The number of quaternary nitrogens is 2. The van der Waals surface area contributed by atoms with Crippen LogP contribution in [0.3, 0.4) is 0 Å². The van der Waals surface area contributed by atoms with Crippen LogP contribution in [0.2, 0.25) is 5.02 Å². The van der Waals surface area contributed by atoms with Gasteiger partial charge in [-0.3, -0.25) is 4.40 Å². The molecule has 0 bridgehead atoms. The number of benzene rings is 1. The lowest BCUT2D eigenvalue weighted by Gasteiger charge is -2.22. The summed E-state index contributed by atoms with van der Waals surface area (Å²) in [5.74, 6) is 1.42. The molecule has 0 radical (unpaired) electrons. The highest BCUT2D eigenvalue weighted by Crippen LogP contribution is 2.33. The first-order chi connectivity index (χ1) is 13.2. The first-order valence-corrected chi connectivity index (χ1v) is 9.61. The maximum Gasteiger partial charge on any atom is 0.161 e. The van der Waals surface area contributed by atoms with E-state index in [-0.39, 0.29) is 0 Å². The number of halogens is 1. The Hall–Kier alpha value is -2.28. The number of nitrogens with two attached hydrogens (primary N) is 1. The second-order valence-electron chi connectivity index (χ2n) is 6.85. The summed E-state index contributed by atoms with van der Waals surface area (Å²) in [5, 5.41) is 3.09. The van der Waals surface area contributed by atoms with Crippen LogP contribution in [-0.2, 0) is 6.54 Å². The standard InChI is InChI=1S/C20H23ClN4O2/c1-26-17-5-3-14(11-18(17)27-2)20-16(13-24-9-7-22-8-10-24)25-12-15(21)4-6-19(25)23-20/h3-6,11-12,22H,7-10,13H2,1-2H3/p+2. The molecule has 0 unspecified atom stereocenters. The van der Waals surface area contributed by atoms with Crippen molar-refractivity contribution < 1.29 is 19.7 Å². The molecule has 6 nitrogen and oxygen atoms in total. The third-order valence-corrected chi connectivity index (χ3v) is 5.38. The zero-order valence-electron chi connectivity index (χ0n) is 15.7. The first kappa shape index (κ1) is 18.1. The molecule has 0 amide bonds. The minimum absolute atomic E-state index is 0.705. The molecule has 1 aliphatic rings. The average Bonchev–Trinajstić information content (AvgIpc) is 3.06. The number of imidazole rings is 1. The zero-order valence-corrected chi connectivity index (χ0v) is 16.4. The second kappa shape index (κ2) is 7.76. The number of nitrogens with one attached hydrogen (secondary N) is 1. The highest BCUT2D eigenvalue weighted by atomic mass is 35.5. The summed E-state index contributed by atoms with van der Waals surface area (Å²) in [4.78, 5) is 6.48. The predicted molar refractivity (Wildman–Crippen MR) is 105 cm³/mol. The summed E-state index contributed by atoms with van der Waals surface area (Å²) in [5.41, 5.74) is 4.07. The highest BCUT2D eigenvalue weighted by molar-refractivity contribution is 6.30. The predicted octanol–water partition coefficient (Wildman–Crippen LogP) is 0.634. The van der Waals surface area contributed by atoms with E-state index in [4.69, 9.17) is 26.1 Å². The molecule has 0 spiro atoms. The van der Waals surface area contributed by atoms with Crippen LogP contribution >= 0.6 is 11.6 Å². The van der Waals surface area contributed by atoms with Gasteiger partial charge in [-0.05, 0) is 30.3 Å². The van der Waals surface area contributed by atoms with Gasteiger partial charge in [0, 0.05) is 11.8 Å². The van der Waals surface area contributed by atoms with Gasteiger partial charge in [-0.2, -0.15) is 0 Å². The summed E-state index contributed by atoms with van der Waals surface area (Å²) < 4.78 is 13.0. The van der Waals surface area contributed by atoms with Crippen molar-refractivity contribution in [1.29, 1.82) is 0 Å². The molecule has 3 aromatic rings. The number of aromatic nitrogens is 2. The van der Waals surface area contributed by atoms with Crippen LogP contribution in [0.25, 0.3) is 16.9 Å². The Kier molecular flexibility index (Phi) is 5.20. The fourth-order valence-electron chi connectivity index (χ4n) is 3.75. The molecular formula is C20H25ClN4O2+2.